The van der Waals surface area contributed by atoms with Gasteiger partial charge in [-0.3, -0.25) is 0 Å². The van der Waals surface area contributed by atoms with E-state index in [2.05, 4.69) is 15.3 Å². The molecule has 4 heteroatoms. The number of aromatic nitrogens is 2. The molecule has 0 saturated heterocycles. The summed E-state index contributed by atoms with van der Waals surface area (Å²) in [5.41, 5.74) is 5.75. The zero-order valence-corrected chi connectivity index (χ0v) is 8.64. The molecule has 1 aromatic heterocycles. The Hall–Kier alpha value is -1.19. The van der Waals surface area contributed by atoms with Gasteiger partial charge in [-0.15, -0.1) is 0 Å². The molecular formula is C10H18N4. The molecule has 0 bridgehead atoms. The summed E-state index contributed by atoms with van der Waals surface area (Å²) in [6, 6.07) is 0. The van der Waals surface area contributed by atoms with Crippen LogP contribution in [0.3, 0.4) is 0 Å². The van der Waals surface area contributed by atoms with Crippen LogP contribution < -0.4 is 11.1 Å². The third kappa shape index (κ3) is 2.00. The molecule has 1 heterocycles. The SMILES string of the molecule is Cc1nc(NCC2CCCC2)c(N)[nH]1. The molecule has 0 aliphatic heterocycles. The number of hydrogen-bond donors (Lipinski definition) is 3. The summed E-state index contributed by atoms with van der Waals surface area (Å²) >= 11 is 0. The highest BCUT2D eigenvalue weighted by Gasteiger charge is 2.15. The number of imidazole rings is 1. The van der Waals surface area contributed by atoms with Crippen LogP contribution in [0.25, 0.3) is 0 Å². The molecule has 14 heavy (non-hydrogen) atoms. The fourth-order valence-electron chi connectivity index (χ4n) is 2.10. The molecule has 1 fully saturated rings. The molecule has 0 aromatic carbocycles. The van der Waals surface area contributed by atoms with Crippen molar-refractivity contribution in [3.05, 3.63) is 5.82 Å². The first-order chi connectivity index (χ1) is 6.75. The van der Waals surface area contributed by atoms with E-state index in [1.165, 1.54) is 25.7 Å². The molecule has 0 radical (unpaired) electrons. The van der Waals surface area contributed by atoms with Gasteiger partial charge in [-0.2, -0.15) is 0 Å². The van der Waals surface area contributed by atoms with Crippen molar-refractivity contribution in [3.8, 4) is 0 Å². The van der Waals surface area contributed by atoms with Crippen molar-refractivity contribution >= 4 is 11.6 Å². The van der Waals surface area contributed by atoms with Crippen LogP contribution in [-0.2, 0) is 0 Å². The smallest absolute Gasteiger partial charge is 0.168 e. The van der Waals surface area contributed by atoms with Crippen molar-refractivity contribution in [1.29, 1.82) is 0 Å². The molecule has 1 aliphatic rings. The normalized spacial score (nSPS) is 17.5. The number of nitrogens with two attached hydrogens (primary N) is 1. The van der Waals surface area contributed by atoms with Gasteiger partial charge >= 0.3 is 0 Å². The van der Waals surface area contributed by atoms with Crippen molar-refractivity contribution in [3.63, 3.8) is 0 Å². The second-order valence-electron chi connectivity index (χ2n) is 4.12. The Labute approximate surface area is 84.3 Å². The molecule has 0 amide bonds. The standard InChI is InChI=1S/C10H18N4/c1-7-13-9(11)10(14-7)12-6-8-4-2-3-5-8/h8,12H,2-6,11H2,1H3,(H,13,14). The van der Waals surface area contributed by atoms with Crippen LogP contribution in [0.5, 0.6) is 0 Å². The van der Waals surface area contributed by atoms with Gasteiger partial charge < -0.3 is 16.0 Å². The van der Waals surface area contributed by atoms with Gasteiger partial charge in [0.05, 0.1) is 0 Å². The van der Waals surface area contributed by atoms with E-state index in [1.54, 1.807) is 0 Å². The molecule has 4 N–H and O–H groups in total. The van der Waals surface area contributed by atoms with Crippen LogP contribution in [0, 0.1) is 12.8 Å². The van der Waals surface area contributed by atoms with Crippen LogP contribution in [0.4, 0.5) is 11.6 Å². The summed E-state index contributed by atoms with van der Waals surface area (Å²) in [5.74, 6) is 3.15. The maximum absolute atomic E-state index is 5.75. The number of aromatic amines is 1. The van der Waals surface area contributed by atoms with E-state index in [9.17, 15) is 0 Å². The quantitative estimate of drug-likeness (QED) is 0.688. The Kier molecular flexibility index (Phi) is 2.61. The van der Waals surface area contributed by atoms with Crippen LogP contribution in [0.1, 0.15) is 31.5 Å². The average molecular weight is 194 g/mol. The van der Waals surface area contributed by atoms with Gasteiger partial charge in [0, 0.05) is 6.54 Å². The summed E-state index contributed by atoms with van der Waals surface area (Å²) in [6.45, 7) is 2.92. The van der Waals surface area contributed by atoms with Crippen LogP contribution in [-0.4, -0.2) is 16.5 Å². The fraction of sp³-hybridized carbons (Fsp3) is 0.700. The Morgan fingerprint density at radius 2 is 2.21 bits per heavy atom. The highest BCUT2D eigenvalue weighted by molar-refractivity contribution is 5.56. The third-order valence-electron chi connectivity index (χ3n) is 2.88. The number of H-pyrrole nitrogens is 1. The summed E-state index contributed by atoms with van der Waals surface area (Å²) in [4.78, 5) is 7.27. The van der Waals surface area contributed by atoms with Crippen molar-refractivity contribution in [2.45, 2.75) is 32.6 Å². The van der Waals surface area contributed by atoms with E-state index in [0.29, 0.717) is 5.82 Å². The lowest BCUT2D eigenvalue weighted by Gasteiger charge is -2.09. The Balaban J connectivity index is 1.87. The zero-order chi connectivity index (χ0) is 9.97. The summed E-state index contributed by atoms with van der Waals surface area (Å²) in [5, 5.41) is 3.31. The summed E-state index contributed by atoms with van der Waals surface area (Å²) in [6.07, 6.45) is 5.44. The van der Waals surface area contributed by atoms with E-state index in [0.717, 1.165) is 24.1 Å². The third-order valence-corrected chi connectivity index (χ3v) is 2.88. The van der Waals surface area contributed by atoms with Crippen LogP contribution in [0.15, 0.2) is 0 Å². The largest absolute Gasteiger partial charge is 0.382 e. The lowest BCUT2D eigenvalue weighted by Crippen LogP contribution is -2.12. The first kappa shape index (κ1) is 9.37. The number of nitrogen functional groups attached to an aromatic ring is 1. The van der Waals surface area contributed by atoms with E-state index in [4.69, 9.17) is 5.73 Å². The monoisotopic (exact) mass is 194 g/mol. The number of anilines is 2. The number of hydrogen-bond acceptors (Lipinski definition) is 3. The molecule has 0 atom stereocenters. The van der Waals surface area contributed by atoms with Gasteiger partial charge in [-0.1, -0.05) is 12.8 Å². The van der Waals surface area contributed by atoms with Gasteiger partial charge in [0.25, 0.3) is 0 Å². The molecule has 1 aromatic rings. The molecule has 78 valence electrons. The second kappa shape index (κ2) is 3.90. The van der Waals surface area contributed by atoms with Crippen molar-refractivity contribution in [2.24, 2.45) is 5.92 Å². The van der Waals surface area contributed by atoms with Crippen LogP contribution >= 0.6 is 0 Å². The Bertz CT molecular complexity index is 299. The molecule has 0 spiro atoms. The van der Waals surface area contributed by atoms with Gasteiger partial charge in [0.1, 0.15) is 11.6 Å². The van der Waals surface area contributed by atoms with E-state index in [1.807, 2.05) is 6.92 Å². The average Bonchev–Trinajstić information content (AvgIpc) is 2.72. The molecule has 0 unspecified atom stereocenters. The van der Waals surface area contributed by atoms with Gasteiger partial charge in [-0.25, -0.2) is 4.98 Å². The first-order valence-corrected chi connectivity index (χ1v) is 5.31. The minimum absolute atomic E-state index is 0.653. The maximum atomic E-state index is 5.75. The molecular weight excluding hydrogens is 176 g/mol. The molecule has 4 nitrogen and oxygen atoms in total. The van der Waals surface area contributed by atoms with Crippen LogP contribution in [0.2, 0.25) is 0 Å². The number of nitrogens with one attached hydrogen (secondary N) is 2. The predicted molar refractivity (Wildman–Crippen MR) is 58.2 cm³/mol. The first-order valence-electron chi connectivity index (χ1n) is 5.31. The molecule has 1 aliphatic carbocycles. The lowest BCUT2D eigenvalue weighted by atomic mass is 10.1. The second-order valence-corrected chi connectivity index (χ2v) is 4.12. The minimum Gasteiger partial charge on any atom is -0.382 e. The number of nitrogens with zero attached hydrogens (tertiary/aromatic N) is 1. The molecule has 1 saturated carbocycles. The fourth-order valence-corrected chi connectivity index (χ4v) is 2.10. The Morgan fingerprint density at radius 3 is 2.79 bits per heavy atom. The van der Waals surface area contributed by atoms with Gasteiger partial charge in [-0.05, 0) is 25.7 Å². The van der Waals surface area contributed by atoms with Crippen molar-refractivity contribution in [2.75, 3.05) is 17.6 Å². The van der Waals surface area contributed by atoms with Gasteiger partial charge in [0.2, 0.25) is 0 Å². The van der Waals surface area contributed by atoms with Crippen molar-refractivity contribution in [1.82, 2.24) is 9.97 Å². The van der Waals surface area contributed by atoms with E-state index >= 15 is 0 Å². The predicted octanol–water partition coefficient (Wildman–Crippen LogP) is 1.90. The number of rotatable bonds is 3. The highest BCUT2D eigenvalue weighted by Crippen LogP contribution is 2.25. The van der Waals surface area contributed by atoms with Crippen molar-refractivity contribution < 1.29 is 0 Å². The minimum atomic E-state index is 0.653. The van der Waals surface area contributed by atoms with E-state index < -0.39 is 0 Å². The van der Waals surface area contributed by atoms with Gasteiger partial charge in [0.15, 0.2) is 5.82 Å². The maximum Gasteiger partial charge on any atom is 0.168 e. The molecule has 2 rings (SSSR count). The lowest BCUT2D eigenvalue weighted by molar-refractivity contribution is 0.579. The zero-order valence-electron chi connectivity index (χ0n) is 8.64. The highest BCUT2D eigenvalue weighted by atomic mass is 15.1. The number of aryl methyl sites for hydroxylation is 1. The topological polar surface area (TPSA) is 66.7 Å². The summed E-state index contributed by atoms with van der Waals surface area (Å²) < 4.78 is 0. The Morgan fingerprint density at radius 1 is 1.50 bits per heavy atom. The van der Waals surface area contributed by atoms with E-state index in [-0.39, 0.29) is 0 Å². The summed E-state index contributed by atoms with van der Waals surface area (Å²) in [7, 11) is 0.